The first-order chi connectivity index (χ1) is 8.42. The minimum absolute atomic E-state index is 0.0732. The molecule has 4 nitrogen and oxygen atoms in total. The lowest BCUT2D eigenvalue weighted by Crippen LogP contribution is -2.28. The summed E-state index contributed by atoms with van der Waals surface area (Å²) < 4.78 is 32.9. The number of ether oxygens (including phenoxy) is 1. The Kier molecular flexibility index (Phi) is 6.60. The van der Waals surface area contributed by atoms with Crippen molar-refractivity contribution in [2.75, 3.05) is 6.26 Å². The highest BCUT2D eigenvalue weighted by Gasteiger charge is 2.31. The molecule has 0 spiro atoms. The van der Waals surface area contributed by atoms with E-state index in [-0.39, 0.29) is 18.3 Å². The van der Waals surface area contributed by atoms with Gasteiger partial charge in [0.25, 0.3) is 10.1 Å². The molecule has 0 saturated carbocycles. The fourth-order valence-electron chi connectivity index (χ4n) is 2.43. The van der Waals surface area contributed by atoms with E-state index in [2.05, 4.69) is 6.92 Å². The molecule has 1 aliphatic heterocycles. The van der Waals surface area contributed by atoms with Crippen LogP contribution in [0.3, 0.4) is 0 Å². The molecule has 0 bridgehead atoms. The normalized spacial score (nSPS) is 26.4. The van der Waals surface area contributed by atoms with Gasteiger partial charge in [0, 0.05) is 0 Å². The number of rotatable bonds is 8. The molecule has 1 fully saturated rings. The minimum atomic E-state index is -3.38. The van der Waals surface area contributed by atoms with E-state index in [0.29, 0.717) is 0 Å². The number of hydrogen-bond acceptors (Lipinski definition) is 4. The average molecular weight is 278 g/mol. The lowest BCUT2D eigenvalue weighted by Gasteiger charge is -2.19. The molecule has 1 heterocycles. The van der Waals surface area contributed by atoms with Gasteiger partial charge >= 0.3 is 0 Å². The zero-order chi connectivity index (χ0) is 13.6. The molecule has 0 aliphatic carbocycles. The van der Waals surface area contributed by atoms with E-state index in [1.807, 2.05) is 0 Å². The fraction of sp³-hybridized carbons (Fsp3) is 1.00. The van der Waals surface area contributed by atoms with Crippen LogP contribution in [0.25, 0.3) is 0 Å². The lowest BCUT2D eigenvalue weighted by atomic mass is 10.1. The zero-order valence-electron chi connectivity index (χ0n) is 11.7. The number of unbranched alkanes of at least 4 members (excludes halogenated alkanes) is 3. The standard InChI is InChI=1S/C13H26O4S/c1-4-5-6-7-8-12-9-10-13(16-12)11(2)17-18(3,14)15/h11-13H,4-10H2,1-3H3/t11-,12-,13+/m1/s1. The van der Waals surface area contributed by atoms with Crippen molar-refractivity contribution < 1.29 is 17.3 Å². The van der Waals surface area contributed by atoms with Gasteiger partial charge in [-0.3, -0.25) is 4.18 Å². The van der Waals surface area contributed by atoms with Crippen LogP contribution in [0, 0.1) is 0 Å². The van der Waals surface area contributed by atoms with Gasteiger partial charge in [0.1, 0.15) is 6.10 Å². The van der Waals surface area contributed by atoms with Gasteiger partial charge in [-0.15, -0.1) is 0 Å². The molecule has 0 unspecified atom stereocenters. The topological polar surface area (TPSA) is 52.6 Å². The largest absolute Gasteiger partial charge is 0.372 e. The zero-order valence-corrected chi connectivity index (χ0v) is 12.5. The summed E-state index contributed by atoms with van der Waals surface area (Å²) in [5.41, 5.74) is 0. The monoisotopic (exact) mass is 278 g/mol. The Morgan fingerprint density at radius 1 is 1.28 bits per heavy atom. The average Bonchev–Trinajstić information content (AvgIpc) is 2.71. The Morgan fingerprint density at radius 3 is 2.61 bits per heavy atom. The van der Waals surface area contributed by atoms with Crippen molar-refractivity contribution in [3.63, 3.8) is 0 Å². The van der Waals surface area contributed by atoms with Gasteiger partial charge < -0.3 is 4.74 Å². The van der Waals surface area contributed by atoms with E-state index < -0.39 is 10.1 Å². The Morgan fingerprint density at radius 2 is 2.00 bits per heavy atom. The van der Waals surface area contributed by atoms with E-state index in [4.69, 9.17) is 8.92 Å². The summed E-state index contributed by atoms with van der Waals surface area (Å²) in [6.07, 6.45) is 8.92. The van der Waals surface area contributed by atoms with Crippen LogP contribution >= 0.6 is 0 Å². The Bertz CT molecular complexity index is 326. The molecule has 108 valence electrons. The molecule has 0 amide bonds. The molecule has 1 rings (SSSR count). The molecule has 0 aromatic carbocycles. The molecule has 0 aromatic rings. The van der Waals surface area contributed by atoms with Crippen LogP contribution in [-0.2, 0) is 19.0 Å². The van der Waals surface area contributed by atoms with Gasteiger partial charge in [0.05, 0.1) is 18.5 Å². The van der Waals surface area contributed by atoms with Crippen molar-refractivity contribution in [2.45, 2.75) is 77.1 Å². The van der Waals surface area contributed by atoms with Crippen LogP contribution in [0.2, 0.25) is 0 Å². The van der Waals surface area contributed by atoms with Crippen molar-refractivity contribution >= 4 is 10.1 Å². The minimum Gasteiger partial charge on any atom is -0.372 e. The van der Waals surface area contributed by atoms with Crippen LogP contribution in [0.5, 0.6) is 0 Å². The molecule has 1 saturated heterocycles. The van der Waals surface area contributed by atoms with E-state index in [0.717, 1.165) is 25.5 Å². The quantitative estimate of drug-likeness (QED) is 0.506. The van der Waals surface area contributed by atoms with Gasteiger partial charge in [-0.1, -0.05) is 32.6 Å². The van der Waals surface area contributed by atoms with E-state index in [1.54, 1.807) is 6.92 Å². The maximum atomic E-state index is 11.0. The molecule has 1 aliphatic rings. The summed E-state index contributed by atoms with van der Waals surface area (Å²) in [5.74, 6) is 0. The smallest absolute Gasteiger partial charge is 0.264 e. The molecule has 3 atom stereocenters. The van der Waals surface area contributed by atoms with Crippen molar-refractivity contribution in [2.24, 2.45) is 0 Å². The third kappa shape index (κ3) is 6.16. The van der Waals surface area contributed by atoms with Crippen molar-refractivity contribution in [1.82, 2.24) is 0 Å². The Hall–Kier alpha value is -0.130. The van der Waals surface area contributed by atoms with E-state index >= 15 is 0 Å². The fourth-order valence-corrected chi connectivity index (χ4v) is 3.10. The maximum Gasteiger partial charge on any atom is 0.264 e. The second-order valence-electron chi connectivity index (χ2n) is 5.23. The van der Waals surface area contributed by atoms with Gasteiger partial charge in [-0.2, -0.15) is 8.42 Å². The number of hydrogen-bond donors (Lipinski definition) is 0. The third-order valence-corrected chi connectivity index (χ3v) is 4.02. The first-order valence-corrected chi connectivity index (χ1v) is 8.77. The van der Waals surface area contributed by atoms with E-state index in [1.165, 1.54) is 25.7 Å². The summed E-state index contributed by atoms with van der Waals surface area (Å²) in [6.45, 7) is 3.97. The first kappa shape index (κ1) is 15.9. The van der Waals surface area contributed by atoms with Crippen molar-refractivity contribution in [3.8, 4) is 0 Å². The second-order valence-corrected chi connectivity index (χ2v) is 6.83. The maximum absolute atomic E-state index is 11.0. The second kappa shape index (κ2) is 7.46. The van der Waals surface area contributed by atoms with Crippen molar-refractivity contribution in [1.29, 1.82) is 0 Å². The SMILES string of the molecule is CCCCCC[C@@H]1CC[C@@H]([C@@H](C)OS(C)(=O)=O)O1. The summed E-state index contributed by atoms with van der Waals surface area (Å²) in [6, 6.07) is 0. The van der Waals surface area contributed by atoms with Crippen molar-refractivity contribution in [3.05, 3.63) is 0 Å². The predicted octanol–water partition coefficient (Wildman–Crippen LogP) is 2.87. The summed E-state index contributed by atoms with van der Waals surface area (Å²) >= 11 is 0. The van der Waals surface area contributed by atoms with E-state index in [9.17, 15) is 8.42 Å². The molecule has 18 heavy (non-hydrogen) atoms. The first-order valence-electron chi connectivity index (χ1n) is 6.96. The highest BCUT2D eigenvalue weighted by molar-refractivity contribution is 7.86. The van der Waals surface area contributed by atoms with Crippen LogP contribution in [0.15, 0.2) is 0 Å². The summed E-state index contributed by atoms with van der Waals surface area (Å²) in [4.78, 5) is 0. The lowest BCUT2D eigenvalue weighted by molar-refractivity contribution is -0.0174. The highest BCUT2D eigenvalue weighted by Crippen LogP contribution is 2.27. The molecule has 0 aromatic heterocycles. The predicted molar refractivity (Wildman–Crippen MR) is 72.0 cm³/mol. The highest BCUT2D eigenvalue weighted by atomic mass is 32.2. The molecule has 0 N–H and O–H groups in total. The molecular weight excluding hydrogens is 252 g/mol. The van der Waals surface area contributed by atoms with Crippen LogP contribution in [0.4, 0.5) is 0 Å². The van der Waals surface area contributed by atoms with Crippen LogP contribution < -0.4 is 0 Å². The van der Waals surface area contributed by atoms with Gasteiger partial charge in [0.2, 0.25) is 0 Å². The van der Waals surface area contributed by atoms with Crippen LogP contribution in [0.1, 0.15) is 58.8 Å². The van der Waals surface area contributed by atoms with Gasteiger partial charge in [0.15, 0.2) is 0 Å². The van der Waals surface area contributed by atoms with Crippen LogP contribution in [-0.4, -0.2) is 33.0 Å². The summed E-state index contributed by atoms with van der Waals surface area (Å²) in [7, 11) is -3.38. The Balaban J connectivity index is 2.24. The molecule has 0 radical (unpaired) electrons. The third-order valence-electron chi connectivity index (χ3n) is 3.37. The van der Waals surface area contributed by atoms with Gasteiger partial charge in [-0.25, -0.2) is 0 Å². The summed E-state index contributed by atoms with van der Waals surface area (Å²) in [5, 5.41) is 0. The van der Waals surface area contributed by atoms with Gasteiger partial charge in [-0.05, 0) is 26.2 Å². The molecular formula is C13H26O4S. The molecule has 5 heteroatoms. The Labute approximate surface area is 111 Å².